The molecule has 4 N–H and O–H groups in total. The molecule has 1 fully saturated rings. The third-order valence-corrected chi connectivity index (χ3v) is 5.36. The molecule has 2 aromatic carbocycles. The van der Waals surface area contributed by atoms with Crippen molar-refractivity contribution >= 4 is 45.2 Å². The predicted octanol–water partition coefficient (Wildman–Crippen LogP) is 4.71. The SMILES string of the molecule is CC(F)(F)c1cccc(Nc2nc3cc(C(N)=O)ccc3c3cnc(NC4CC4)nc23)c1. The summed E-state index contributed by atoms with van der Waals surface area (Å²) >= 11 is 0. The lowest BCUT2D eigenvalue weighted by Crippen LogP contribution is -2.11. The maximum absolute atomic E-state index is 13.8. The molecule has 5 rings (SSSR count). The maximum atomic E-state index is 13.8. The minimum absolute atomic E-state index is 0.116. The molecule has 0 bridgehead atoms. The molecule has 0 unspecified atom stereocenters. The van der Waals surface area contributed by atoms with Gasteiger partial charge in [0.05, 0.1) is 5.52 Å². The molecule has 4 aromatic rings. The summed E-state index contributed by atoms with van der Waals surface area (Å²) < 4.78 is 27.6. The number of pyridine rings is 1. The second-order valence-corrected chi connectivity index (χ2v) is 8.03. The molecule has 9 heteroatoms. The number of nitrogens with zero attached hydrogens (tertiary/aromatic N) is 3. The standard InChI is InChI=1S/C23H20F2N6O/c1-23(24,25)13-3-2-4-15(10-13)28-21-19-17(11-27-22(31-19)29-14-6-7-14)16-8-5-12(20(26)32)9-18(16)30-21/h2-5,8-11,14H,6-7H2,1H3,(H2,26,32)(H,28,30)(H,27,29,31). The van der Waals surface area contributed by atoms with E-state index in [-0.39, 0.29) is 5.56 Å². The van der Waals surface area contributed by atoms with Gasteiger partial charge in [0, 0.05) is 46.7 Å². The molecule has 1 saturated carbocycles. The summed E-state index contributed by atoms with van der Waals surface area (Å²) in [5.74, 6) is -2.70. The molecule has 32 heavy (non-hydrogen) atoms. The van der Waals surface area contributed by atoms with Crippen LogP contribution in [0.5, 0.6) is 0 Å². The van der Waals surface area contributed by atoms with Gasteiger partial charge in [-0.15, -0.1) is 0 Å². The molecular weight excluding hydrogens is 414 g/mol. The van der Waals surface area contributed by atoms with E-state index in [0.29, 0.717) is 45.5 Å². The summed E-state index contributed by atoms with van der Waals surface area (Å²) in [6.07, 6.45) is 3.83. The van der Waals surface area contributed by atoms with Crippen LogP contribution in [-0.2, 0) is 5.92 Å². The molecule has 2 aromatic heterocycles. The highest BCUT2D eigenvalue weighted by Gasteiger charge is 2.25. The Balaban J connectivity index is 1.67. The highest BCUT2D eigenvalue weighted by molar-refractivity contribution is 6.10. The quantitative estimate of drug-likeness (QED) is 0.380. The molecule has 0 atom stereocenters. The molecule has 1 aliphatic rings. The van der Waals surface area contributed by atoms with E-state index in [9.17, 15) is 13.6 Å². The van der Waals surface area contributed by atoms with Gasteiger partial charge in [-0.25, -0.2) is 23.7 Å². The number of alkyl halides is 2. The van der Waals surface area contributed by atoms with Gasteiger partial charge in [-0.3, -0.25) is 4.79 Å². The Hall–Kier alpha value is -3.88. The topological polar surface area (TPSA) is 106 Å². The van der Waals surface area contributed by atoms with Crippen molar-refractivity contribution < 1.29 is 13.6 Å². The summed E-state index contributed by atoms with van der Waals surface area (Å²) in [7, 11) is 0. The Morgan fingerprint density at radius 3 is 2.66 bits per heavy atom. The van der Waals surface area contributed by atoms with E-state index in [1.807, 2.05) is 0 Å². The zero-order valence-electron chi connectivity index (χ0n) is 17.2. The number of hydrogen-bond acceptors (Lipinski definition) is 6. The largest absolute Gasteiger partial charge is 0.366 e. The van der Waals surface area contributed by atoms with Gasteiger partial charge in [-0.2, -0.15) is 0 Å². The maximum Gasteiger partial charge on any atom is 0.270 e. The summed E-state index contributed by atoms with van der Waals surface area (Å²) in [5, 5.41) is 7.85. The van der Waals surface area contributed by atoms with E-state index in [0.717, 1.165) is 25.2 Å². The van der Waals surface area contributed by atoms with Crippen molar-refractivity contribution in [1.82, 2.24) is 15.0 Å². The number of aromatic nitrogens is 3. The molecule has 0 radical (unpaired) electrons. The van der Waals surface area contributed by atoms with Crippen molar-refractivity contribution in [3.63, 3.8) is 0 Å². The van der Waals surface area contributed by atoms with Gasteiger partial charge in [0.25, 0.3) is 5.92 Å². The van der Waals surface area contributed by atoms with E-state index >= 15 is 0 Å². The number of rotatable bonds is 6. The van der Waals surface area contributed by atoms with Gasteiger partial charge in [0.2, 0.25) is 11.9 Å². The summed E-state index contributed by atoms with van der Waals surface area (Å²) in [4.78, 5) is 25.4. The van der Waals surface area contributed by atoms with Gasteiger partial charge >= 0.3 is 0 Å². The number of primary amides is 1. The van der Waals surface area contributed by atoms with Crippen LogP contribution in [0, 0.1) is 0 Å². The second-order valence-electron chi connectivity index (χ2n) is 8.03. The van der Waals surface area contributed by atoms with Gasteiger partial charge in [0.1, 0.15) is 5.52 Å². The first-order valence-corrected chi connectivity index (χ1v) is 10.2. The van der Waals surface area contributed by atoms with Crippen LogP contribution < -0.4 is 16.4 Å². The summed E-state index contributed by atoms with van der Waals surface area (Å²) in [6, 6.07) is 11.3. The fourth-order valence-electron chi connectivity index (χ4n) is 3.51. The number of amides is 1. The van der Waals surface area contributed by atoms with E-state index in [2.05, 4.69) is 25.6 Å². The number of benzene rings is 2. The fourth-order valence-corrected chi connectivity index (χ4v) is 3.51. The summed E-state index contributed by atoms with van der Waals surface area (Å²) in [5.41, 5.74) is 7.12. The smallest absolute Gasteiger partial charge is 0.270 e. The number of carbonyl (C=O) groups is 1. The normalized spacial score (nSPS) is 14.0. The zero-order valence-corrected chi connectivity index (χ0v) is 17.2. The second kappa shape index (κ2) is 7.37. The van der Waals surface area contributed by atoms with E-state index in [1.165, 1.54) is 12.1 Å². The minimum Gasteiger partial charge on any atom is -0.366 e. The molecule has 162 valence electrons. The van der Waals surface area contributed by atoms with Crippen molar-refractivity contribution in [2.75, 3.05) is 10.6 Å². The Kier molecular flexibility index (Phi) is 4.61. The molecule has 0 aliphatic heterocycles. The number of fused-ring (bicyclic) bond motifs is 3. The monoisotopic (exact) mass is 434 g/mol. The van der Waals surface area contributed by atoms with E-state index in [4.69, 9.17) is 5.73 Å². The highest BCUT2D eigenvalue weighted by atomic mass is 19.3. The van der Waals surface area contributed by atoms with Gasteiger partial charge in [0.15, 0.2) is 5.82 Å². The summed E-state index contributed by atoms with van der Waals surface area (Å²) in [6.45, 7) is 0.851. The minimum atomic E-state index is -2.98. The van der Waals surface area contributed by atoms with Crippen LogP contribution in [0.1, 0.15) is 35.7 Å². The van der Waals surface area contributed by atoms with E-state index < -0.39 is 11.8 Å². The Labute approximate surface area is 182 Å². The lowest BCUT2D eigenvalue weighted by Gasteiger charge is -2.15. The first-order valence-electron chi connectivity index (χ1n) is 10.2. The van der Waals surface area contributed by atoms with Gasteiger partial charge < -0.3 is 16.4 Å². The highest BCUT2D eigenvalue weighted by Crippen LogP contribution is 2.33. The molecule has 0 saturated heterocycles. The third kappa shape index (κ3) is 3.89. The Morgan fingerprint density at radius 1 is 1.12 bits per heavy atom. The van der Waals surface area contributed by atoms with Crippen LogP contribution >= 0.6 is 0 Å². The molecule has 7 nitrogen and oxygen atoms in total. The van der Waals surface area contributed by atoms with Crippen LogP contribution in [0.4, 0.5) is 26.2 Å². The number of nitrogens with two attached hydrogens (primary N) is 1. The zero-order chi connectivity index (χ0) is 22.5. The molecule has 1 aliphatic carbocycles. The predicted molar refractivity (Wildman–Crippen MR) is 119 cm³/mol. The van der Waals surface area contributed by atoms with Crippen LogP contribution in [0.2, 0.25) is 0 Å². The molecule has 2 heterocycles. The third-order valence-electron chi connectivity index (χ3n) is 5.36. The lowest BCUT2D eigenvalue weighted by molar-refractivity contribution is 0.0175. The number of anilines is 3. The van der Waals surface area contributed by atoms with Crippen molar-refractivity contribution in [2.45, 2.75) is 31.7 Å². The number of halogens is 2. The number of hydrogen-bond donors (Lipinski definition) is 3. The first kappa shape index (κ1) is 20.0. The van der Waals surface area contributed by atoms with Gasteiger partial charge in [-0.1, -0.05) is 18.2 Å². The molecule has 0 spiro atoms. The average Bonchev–Trinajstić information content (AvgIpc) is 3.57. The molecular formula is C23H20F2N6O. The Morgan fingerprint density at radius 2 is 1.94 bits per heavy atom. The van der Waals surface area contributed by atoms with Crippen molar-refractivity contribution in [3.05, 3.63) is 59.8 Å². The van der Waals surface area contributed by atoms with Crippen molar-refractivity contribution in [1.29, 1.82) is 0 Å². The van der Waals surface area contributed by atoms with Crippen LogP contribution in [0.3, 0.4) is 0 Å². The average molecular weight is 434 g/mol. The molecule has 1 amide bonds. The van der Waals surface area contributed by atoms with Crippen LogP contribution in [-0.4, -0.2) is 26.9 Å². The van der Waals surface area contributed by atoms with Crippen LogP contribution in [0.15, 0.2) is 48.7 Å². The lowest BCUT2D eigenvalue weighted by atomic mass is 10.1. The Bertz CT molecular complexity index is 1360. The first-order chi connectivity index (χ1) is 15.3. The fraction of sp³-hybridized carbons (Fsp3) is 0.217. The van der Waals surface area contributed by atoms with E-state index in [1.54, 1.807) is 36.5 Å². The van der Waals surface area contributed by atoms with Gasteiger partial charge in [-0.05, 0) is 37.1 Å². The van der Waals surface area contributed by atoms with Crippen LogP contribution in [0.25, 0.3) is 21.8 Å². The number of nitrogens with one attached hydrogen (secondary N) is 2. The number of carbonyl (C=O) groups excluding carboxylic acids is 1. The van der Waals surface area contributed by atoms with Crippen molar-refractivity contribution in [3.8, 4) is 0 Å². The van der Waals surface area contributed by atoms with Crippen molar-refractivity contribution in [2.24, 2.45) is 5.73 Å².